The van der Waals surface area contributed by atoms with Crippen LogP contribution < -0.4 is 5.32 Å². The van der Waals surface area contributed by atoms with Crippen molar-refractivity contribution in [1.82, 2.24) is 15.1 Å². The maximum atomic E-state index is 4.47. The average Bonchev–Trinajstić information content (AvgIpc) is 2.75. The van der Waals surface area contributed by atoms with Gasteiger partial charge in [-0.1, -0.05) is 58.8 Å². The Morgan fingerprint density at radius 1 is 1.10 bits per heavy atom. The number of hydrogen-bond donors (Lipinski definition) is 1. The molecule has 3 heteroatoms. The average molecular weight is 279 g/mol. The predicted octanol–water partition coefficient (Wildman–Crippen LogP) is 4.52. The number of unbranched alkanes of at least 4 members (excludes halogenated alkanes) is 6. The fourth-order valence-corrected chi connectivity index (χ4v) is 2.88. The Balaban J connectivity index is 2.31. The van der Waals surface area contributed by atoms with Crippen molar-refractivity contribution in [2.24, 2.45) is 7.05 Å². The molecule has 0 saturated carbocycles. The molecule has 20 heavy (non-hydrogen) atoms. The van der Waals surface area contributed by atoms with Crippen LogP contribution in [-0.2, 0) is 7.05 Å². The van der Waals surface area contributed by atoms with Gasteiger partial charge < -0.3 is 5.32 Å². The van der Waals surface area contributed by atoms with E-state index in [1.165, 1.54) is 62.6 Å². The fourth-order valence-electron chi connectivity index (χ4n) is 2.88. The van der Waals surface area contributed by atoms with E-state index in [1.807, 2.05) is 11.7 Å². The lowest BCUT2D eigenvalue weighted by Crippen LogP contribution is -2.21. The van der Waals surface area contributed by atoms with Gasteiger partial charge in [0, 0.05) is 24.8 Å². The van der Waals surface area contributed by atoms with Crippen LogP contribution in [0.3, 0.4) is 0 Å². The molecule has 0 bridgehead atoms. The molecule has 0 aliphatic carbocycles. The first kappa shape index (κ1) is 17.2. The molecule has 1 N–H and O–H groups in total. The number of nitrogens with one attached hydrogen (secondary N) is 1. The van der Waals surface area contributed by atoms with Gasteiger partial charge >= 0.3 is 0 Å². The van der Waals surface area contributed by atoms with Gasteiger partial charge in [0.05, 0.1) is 5.69 Å². The summed E-state index contributed by atoms with van der Waals surface area (Å²) in [6.45, 7) is 7.60. The minimum atomic E-state index is 0.476. The molecule has 1 atom stereocenters. The molecule has 1 rings (SSSR count). The smallest absolute Gasteiger partial charge is 0.0641 e. The minimum absolute atomic E-state index is 0.476. The third kappa shape index (κ3) is 6.08. The largest absolute Gasteiger partial charge is 0.310 e. The van der Waals surface area contributed by atoms with Crippen LogP contribution in [0.4, 0.5) is 0 Å². The summed E-state index contributed by atoms with van der Waals surface area (Å²) in [7, 11) is 2.01. The molecule has 1 aromatic rings. The molecule has 116 valence electrons. The number of rotatable bonds is 11. The second-order valence-electron chi connectivity index (χ2n) is 5.86. The third-order valence-corrected chi connectivity index (χ3v) is 3.97. The Hall–Kier alpha value is -0.830. The van der Waals surface area contributed by atoms with Crippen molar-refractivity contribution in [3.8, 4) is 0 Å². The van der Waals surface area contributed by atoms with E-state index in [-0.39, 0.29) is 0 Å². The van der Waals surface area contributed by atoms with E-state index >= 15 is 0 Å². The number of hydrogen-bond acceptors (Lipinski definition) is 2. The van der Waals surface area contributed by atoms with Crippen LogP contribution in [0, 0.1) is 6.92 Å². The summed E-state index contributed by atoms with van der Waals surface area (Å²) in [5.74, 6) is 0. The van der Waals surface area contributed by atoms with Crippen LogP contribution in [0.15, 0.2) is 6.20 Å². The van der Waals surface area contributed by atoms with E-state index < -0.39 is 0 Å². The van der Waals surface area contributed by atoms with Crippen LogP contribution in [0.5, 0.6) is 0 Å². The molecule has 0 aliphatic heterocycles. The molecule has 0 aliphatic rings. The summed E-state index contributed by atoms with van der Waals surface area (Å²) in [5, 5.41) is 8.08. The Bertz CT molecular complexity index is 357. The molecule has 1 aromatic heterocycles. The van der Waals surface area contributed by atoms with Crippen LogP contribution in [-0.4, -0.2) is 16.3 Å². The molecule has 0 radical (unpaired) electrons. The Morgan fingerprint density at radius 2 is 1.75 bits per heavy atom. The summed E-state index contributed by atoms with van der Waals surface area (Å²) in [6.07, 6.45) is 13.0. The normalized spacial score (nSPS) is 12.8. The van der Waals surface area contributed by atoms with Gasteiger partial charge in [-0.15, -0.1) is 0 Å². The SMILES string of the molecule is CCCCCCCCCC(NCC)c1cn(C)nc1C. The first-order chi connectivity index (χ1) is 9.69. The molecular formula is C17H33N3. The Morgan fingerprint density at radius 3 is 2.30 bits per heavy atom. The quantitative estimate of drug-likeness (QED) is 0.604. The topological polar surface area (TPSA) is 29.9 Å². The van der Waals surface area contributed by atoms with Crippen molar-refractivity contribution < 1.29 is 0 Å². The Kier molecular flexibility index (Phi) is 8.59. The van der Waals surface area contributed by atoms with Gasteiger partial charge in [0.2, 0.25) is 0 Å². The zero-order valence-corrected chi connectivity index (χ0v) is 13.9. The van der Waals surface area contributed by atoms with Crippen molar-refractivity contribution in [3.63, 3.8) is 0 Å². The van der Waals surface area contributed by atoms with E-state index in [2.05, 4.69) is 37.4 Å². The standard InChI is InChI=1S/C17H33N3/c1-5-7-8-9-10-11-12-13-17(18-6-2)16-14-20(4)19-15(16)3/h14,17-18H,5-13H2,1-4H3. The summed E-state index contributed by atoms with van der Waals surface area (Å²) in [5.41, 5.74) is 2.54. The van der Waals surface area contributed by atoms with Crippen LogP contribution >= 0.6 is 0 Å². The van der Waals surface area contributed by atoms with Gasteiger partial charge in [-0.05, 0) is 19.9 Å². The minimum Gasteiger partial charge on any atom is -0.310 e. The van der Waals surface area contributed by atoms with E-state index in [9.17, 15) is 0 Å². The molecule has 0 saturated heterocycles. The van der Waals surface area contributed by atoms with Gasteiger partial charge in [0.25, 0.3) is 0 Å². The lowest BCUT2D eigenvalue weighted by molar-refractivity contribution is 0.474. The molecular weight excluding hydrogens is 246 g/mol. The molecule has 1 unspecified atom stereocenters. The van der Waals surface area contributed by atoms with Crippen LogP contribution in [0.2, 0.25) is 0 Å². The zero-order valence-electron chi connectivity index (χ0n) is 13.9. The molecule has 0 fully saturated rings. The summed E-state index contributed by atoms with van der Waals surface area (Å²) < 4.78 is 1.93. The highest BCUT2D eigenvalue weighted by molar-refractivity contribution is 5.19. The first-order valence-electron chi connectivity index (χ1n) is 8.42. The van der Waals surface area contributed by atoms with E-state index in [0.717, 1.165) is 6.54 Å². The molecule has 3 nitrogen and oxygen atoms in total. The van der Waals surface area contributed by atoms with E-state index in [4.69, 9.17) is 0 Å². The summed E-state index contributed by atoms with van der Waals surface area (Å²) in [4.78, 5) is 0. The van der Waals surface area contributed by atoms with Gasteiger partial charge in [-0.2, -0.15) is 5.10 Å². The zero-order chi connectivity index (χ0) is 14.8. The van der Waals surface area contributed by atoms with Crippen molar-refractivity contribution in [2.45, 2.75) is 78.2 Å². The Labute approximate surface area is 125 Å². The number of aryl methyl sites for hydroxylation is 2. The summed E-state index contributed by atoms with van der Waals surface area (Å²) in [6, 6.07) is 0.476. The summed E-state index contributed by atoms with van der Waals surface area (Å²) >= 11 is 0. The number of nitrogens with zero attached hydrogens (tertiary/aromatic N) is 2. The lowest BCUT2D eigenvalue weighted by atomic mass is 10.00. The monoisotopic (exact) mass is 279 g/mol. The molecule has 1 heterocycles. The number of aromatic nitrogens is 2. The van der Waals surface area contributed by atoms with Crippen molar-refractivity contribution in [1.29, 1.82) is 0 Å². The third-order valence-electron chi connectivity index (χ3n) is 3.97. The maximum Gasteiger partial charge on any atom is 0.0641 e. The first-order valence-corrected chi connectivity index (χ1v) is 8.42. The lowest BCUT2D eigenvalue weighted by Gasteiger charge is -2.17. The highest BCUT2D eigenvalue weighted by atomic mass is 15.3. The van der Waals surface area contributed by atoms with Gasteiger partial charge in [-0.25, -0.2) is 0 Å². The highest BCUT2D eigenvalue weighted by Crippen LogP contribution is 2.22. The molecule has 0 spiro atoms. The second-order valence-corrected chi connectivity index (χ2v) is 5.86. The fraction of sp³-hybridized carbons (Fsp3) is 0.824. The van der Waals surface area contributed by atoms with Crippen molar-refractivity contribution >= 4 is 0 Å². The second kappa shape index (κ2) is 9.98. The predicted molar refractivity (Wildman–Crippen MR) is 87.0 cm³/mol. The van der Waals surface area contributed by atoms with Gasteiger partial charge in [0.15, 0.2) is 0 Å². The highest BCUT2D eigenvalue weighted by Gasteiger charge is 2.14. The van der Waals surface area contributed by atoms with Crippen molar-refractivity contribution in [2.75, 3.05) is 6.54 Å². The van der Waals surface area contributed by atoms with Crippen LogP contribution in [0.1, 0.15) is 82.5 Å². The molecule has 0 amide bonds. The van der Waals surface area contributed by atoms with Gasteiger partial charge in [-0.3, -0.25) is 4.68 Å². The van der Waals surface area contributed by atoms with Gasteiger partial charge in [0.1, 0.15) is 0 Å². The van der Waals surface area contributed by atoms with E-state index in [1.54, 1.807) is 0 Å². The van der Waals surface area contributed by atoms with Crippen molar-refractivity contribution in [3.05, 3.63) is 17.5 Å². The molecule has 0 aromatic carbocycles. The van der Waals surface area contributed by atoms with E-state index in [0.29, 0.717) is 6.04 Å². The van der Waals surface area contributed by atoms with Crippen LogP contribution in [0.25, 0.3) is 0 Å². The maximum absolute atomic E-state index is 4.47.